The van der Waals surface area contributed by atoms with E-state index < -0.39 is 51.8 Å². The molecule has 1 aliphatic carbocycles. The molecular weight excluding hydrogens is 464 g/mol. The number of ether oxygens (including phenoxy) is 1. The maximum Gasteiger partial charge on any atom is 0.269 e. The number of ketones is 2. The average Bonchev–Trinajstić information content (AvgIpc) is 3.45. The van der Waals surface area contributed by atoms with Crippen molar-refractivity contribution in [3.8, 4) is 0 Å². The highest BCUT2D eigenvalue weighted by molar-refractivity contribution is 6.37. The largest absolute Gasteiger partial charge is 0.349 e. The number of anilines is 1. The molecule has 1 spiro atoms. The van der Waals surface area contributed by atoms with Gasteiger partial charge in [-0.15, -0.1) is 0 Å². The van der Waals surface area contributed by atoms with Crippen molar-refractivity contribution in [2.24, 2.45) is 11.8 Å². The number of carbonyl (C=O) groups is 4. The van der Waals surface area contributed by atoms with Gasteiger partial charge in [-0.25, -0.2) is 4.90 Å². The van der Waals surface area contributed by atoms with E-state index in [1.165, 1.54) is 30.3 Å². The first-order chi connectivity index (χ1) is 17.3. The molecule has 0 N–H and O–H groups in total. The number of fused-ring (bicyclic) bond motifs is 3. The fourth-order valence-electron chi connectivity index (χ4n) is 5.70. The molecule has 36 heavy (non-hydrogen) atoms. The van der Waals surface area contributed by atoms with E-state index in [1.807, 2.05) is 0 Å². The normalized spacial score (nSPS) is 23.9. The van der Waals surface area contributed by atoms with Gasteiger partial charge in [0, 0.05) is 23.3 Å². The lowest BCUT2D eigenvalue weighted by Crippen LogP contribution is -2.51. The zero-order valence-corrected chi connectivity index (χ0v) is 18.9. The molecule has 9 nitrogen and oxygen atoms in total. The van der Waals surface area contributed by atoms with Crippen molar-refractivity contribution in [2.75, 3.05) is 4.90 Å². The molecule has 9 heteroatoms. The van der Waals surface area contributed by atoms with Crippen LogP contribution in [0.4, 0.5) is 11.4 Å². The summed E-state index contributed by atoms with van der Waals surface area (Å²) in [6.45, 7) is 1.56. The van der Waals surface area contributed by atoms with Crippen LogP contribution in [0.2, 0.25) is 0 Å². The summed E-state index contributed by atoms with van der Waals surface area (Å²) in [5.74, 6) is -5.15. The van der Waals surface area contributed by atoms with Crippen molar-refractivity contribution in [1.82, 2.24) is 0 Å². The Balaban J connectivity index is 1.53. The van der Waals surface area contributed by atoms with Crippen molar-refractivity contribution in [1.29, 1.82) is 0 Å². The first-order valence-corrected chi connectivity index (χ1v) is 11.3. The van der Waals surface area contributed by atoms with Crippen LogP contribution in [0.5, 0.6) is 0 Å². The van der Waals surface area contributed by atoms with E-state index in [9.17, 15) is 29.3 Å². The average molecular weight is 482 g/mol. The molecule has 2 heterocycles. The second-order valence-corrected chi connectivity index (χ2v) is 9.13. The lowest BCUT2D eigenvalue weighted by molar-refractivity contribution is -0.384. The van der Waals surface area contributed by atoms with E-state index in [0.717, 1.165) is 4.90 Å². The SMILES string of the molecule is Cc1cc([N+](=O)[O-])ccc1N1C(=O)[C@H]2[C@@H](c3ccccc3)OC3(C(=O)c4ccccc4C3=O)[C@H]2C1=O. The molecule has 0 saturated carbocycles. The Morgan fingerprint density at radius 2 is 1.47 bits per heavy atom. The summed E-state index contributed by atoms with van der Waals surface area (Å²) in [6, 6.07) is 18.8. The fraction of sp³-hybridized carbons (Fsp3) is 0.185. The summed E-state index contributed by atoms with van der Waals surface area (Å²) in [4.78, 5) is 66.8. The Morgan fingerprint density at radius 3 is 2.06 bits per heavy atom. The van der Waals surface area contributed by atoms with E-state index in [4.69, 9.17) is 4.74 Å². The summed E-state index contributed by atoms with van der Waals surface area (Å²) >= 11 is 0. The van der Waals surface area contributed by atoms with Gasteiger partial charge in [-0.2, -0.15) is 0 Å². The third-order valence-corrected chi connectivity index (χ3v) is 7.28. The summed E-state index contributed by atoms with van der Waals surface area (Å²) < 4.78 is 6.22. The van der Waals surface area contributed by atoms with Gasteiger partial charge < -0.3 is 4.74 Å². The Labute approximate surface area is 204 Å². The van der Waals surface area contributed by atoms with Crippen LogP contribution in [0.15, 0.2) is 72.8 Å². The smallest absolute Gasteiger partial charge is 0.269 e. The number of hydrogen-bond acceptors (Lipinski definition) is 7. The molecule has 0 aromatic heterocycles. The van der Waals surface area contributed by atoms with Gasteiger partial charge in [0.05, 0.1) is 28.6 Å². The van der Waals surface area contributed by atoms with Gasteiger partial charge in [0.1, 0.15) is 0 Å². The van der Waals surface area contributed by atoms with E-state index in [2.05, 4.69) is 0 Å². The van der Waals surface area contributed by atoms with Crippen molar-refractivity contribution in [3.63, 3.8) is 0 Å². The number of benzene rings is 3. The van der Waals surface area contributed by atoms with Crippen molar-refractivity contribution < 1.29 is 28.8 Å². The predicted molar refractivity (Wildman–Crippen MR) is 125 cm³/mol. The van der Waals surface area contributed by atoms with Crippen LogP contribution in [-0.4, -0.2) is 33.9 Å². The molecule has 2 fully saturated rings. The quantitative estimate of drug-likeness (QED) is 0.242. The summed E-state index contributed by atoms with van der Waals surface area (Å²) in [5.41, 5.74) is -0.976. The minimum atomic E-state index is -2.16. The van der Waals surface area contributed by atoms with Gasteiger partial charge in [-0.05, 0) is 24.1 Å². The number of nitro benzene ring substituents is 1. The number of non-ortho nitro benzene ring substituents is 1. The number of amides is 2. The van der Waals surface area contributed by atoms with Crippen LogP contribution in [-0.2, 0) is 14.3 Å². The summed E-state index contributed by atoms with van der Waals surface area (Å²) in [7, 11) is 0. The molecule has 6 rings (SSSR count). The minimum Gasteiger partial charge on any atom is -0.349 e. The fourth-order valence-corrected chi connectivity index (χ4v) is 5.70. The molecular formula is C27H18N2O7. The lowest BCUT2D eigenvalue weighted by atomic mass is 9.77. The highest BCUT2D eigenvalue weighted by Gasteiger charge is 2.74. The van der Waals surface area contributed by atoms with Gasteiger partial charge in [0.15, 0.2) is 0 Å². The van der Waals surface area contributed by atoms with Crippen LogP contribution in [0, 0.1) is 28.9 Å². The van der Waals surface area contributed by atoms with Gasteiger partial charge in [-0.1, -0.05) is 54.6 Å². The Hall–Kier alpha value is -4.50. The van der Waals surface area contributed by atoms with E-state index in [-0.39, 0.29) is 22.5 Å². The van der Waals surface area contributed by atoms with Crippen LogP contribution in [0.25, 0.3) is 0 Å². The standard InChI is InChI=1S/C27H18N2O7/c1-14-13-16(29(34)35)11-12-19(14)28-25(32)20-21(26(28)33)27(36-22(20)15-7-3-2-4-8-15)23(30)17-9-5-6-10-18(17)24(27)31/h2-13,20-22H,1H3/t20-,21-,22-/m1/s1. The number of nitrogens with zero attached hydrogens (tertiary/aromatic N) is 2. The highest BCUT2D eigenvalue weighted by Crippen LogP contribution is 2.57. The number of hydrogen-bond donors (Lipinski definition) is 0. The van der Waals surface area contributed by atoms with Crippen molar-refractivity contribution in [3.05, 3.63) is 105 Å². The lowest BCUT2D eigenvalue weighted by Gasteiger charge is -2.27. The molecule has 2 amide bonds. The van der Waals surface area contributed by atoms with Gasteiger partial charge in [0.2, 0.25) is 29.0 Å². The Bertz CT molecular complexity index is 1480. The number of imide groups is 1. The Kier molecular flexibility index (Phi) is 4.58. The second kappa shape index (κ2) is 7.50. The van der Waals surface area contributed by atoms with E-state index in [0.29, 0.717) is 11.1 Å². The van der Waals surface area contributed by atoms with Gasteiger partial charge >= 0.3 is 0 Å². The molecule has 3 aromatic rings. The zero-order chi connectivity index (χ0) is 25.4. The molecule has 0 bridgehead atoms. The zero-order valence-electron chi connectivity index (χ0n) is 18.9. The van der Waals surface area contributed by atoms with Crippen molar-refractivity contribution >= 4 is 34.8 Å². The molecule has 3 atom stereocenters. The van der Waals surface area contributed by atoms with Gasteiger partial charge in [-0.3, -0.25) is 29.3 Å². The number of carbonyl (C=O) groups excluding carboxylic acids is 4. The first-order valence-electron chi connectivity index (χ1n) is 11.3. The van der Waals surface area contributed by atoms with E-state index in [1.54, 1.807) is 49.4 Å². The predicted octanol–water partition coefficient (Wildman–Crippen LogP) is 3.60. The molecule has 178 valence electrons. The van der Waals surface area contributed by atoms with Crippen LogP contribution >= 0.6 is 0 Å². The maximum absolute atomic E-state index is 13.9. The van der Waals surface area contributed by atoms with Crippen LogP contribution in [0.1, 0.15) is 37.9 Å². The molecule has 0 unspecified atom stereocenters. The van der Waals surface area contributed by atoms with E-state index >= 15 is 0 Å². The number of rotatable bonds is 3. The van der Waals surface area contributed by atoms with Gasteiger partial charge in [0.25, 0.3) is 5.69 Å². The monoisotopic (exact) mass is 482 g/mol. The Morgan fingerprint density at radius 1 is 0.861 bits per heavy atom. The number of nitro groups is 1. The summed E-state index contributed by atoms with van der Waals surface area (Å²) in [6.07, 6.45) is -1.02. The molecule has 2 aliphatic heterocycles. The first kappa shape index (κ1) is 22.0. The molecule has 3 aromatic carbocycles. The number of aryl methyl sites for hydroxylation is 1. The maximum atomic E-state index is 13.9. The number of Topliss-reactive ketones (excluding diaryl/α,β-unsaturated/α-hetero) is 2. The van der Waals surface area contributed by atoms with Crippen LogP contribution < -0.4 is 4.90 Å². The summed E-state index contributed by atoms with van der Waals surface area (Å²) in [5, 5.41) is 11.2. The highest BCUT2D eigenvalue weighted by atomic mass is 16.6. The third-order valence-electron chi connectivity index (χ3n) is 7.28. The van der Waals surface area contributed by atoms with Crippen molar-refractivity contribution in [2.45, 2.75) is 18.6 Å². The second-order valence-electron chi connectivity index (χ2n) is 9.13. The molecule has 2 saturated heterocycles. The molecule has 3 aliphatic rings. The minimum absolute atomic E-state index is 0.153. The third kappa shape index (κ3) is 2.68. The van der Waals surface area contributed by atoms with Crippen LogP contribution in [0.3, 0.4) is 0 Å². The topological polar surface area (TPSA) is 124 Å². The molecule has 0 radical (unpaired) electrons.